The smallest absolute Gasteiger partial charge is 0.251 e. The van der Waals surface area contributed by atoms with E-state index >= 15 is 0 Å². The lowest BCUT2D eigenvalue weighted by Gasteiger charge is -2.20. The molecule has 0 amide bonds. The van der Waals surface area contributed by atoms with E-state index in [-0.39, 0.29) is 0 Å². The van der Waals surface area contributed by atoms with Gasteiger partial charge in [0.25, 0.3) is 5.95 Å². The molecule has 0 atom stereocenters. The summed E-state index contributed by atoms with van der Waals surface area (Å²) in [6.07, 6.45) is 1.62. The van der Waals surface area contributed by atoms with Gasteiger partial charge in [0, 0.05) is 23.8 Å². The van der Waals surface area contributed by atoms with Gasteiger partial charge in [-0.05, 0) is 36.8 Å². The molecule has 0 aliphatic rings. The summed E-state index contributed by atoms with van der Waals surface area (Å²) in [7, 11) is 0. The summed E-state index contributed by atoms with van der Waals surface area (Å²) in [5.74, 6) is 1.26. The molecule has 1 aromatic heterocycles. The van der Waals surface area contributed by atoms with Gasteiger partial charge in [-0.2, -0.15) is 10.1 Å². The highest BCUT2D eigenvalue weighted by atomic mass is 35.5. The lowest BCUT2D eigenvalue weighted by molar-refractivity contribution is 0.881. The van der Waals surface area contributed by atoms with E-state index in [1.54, 1.807) is 6.20 Å². The molecule has 0 spiro atoms. The molecular formula is C18H18ClN5. The second-order valence-corrected chi connectivity index (χ2v) is 5.64. The molecule has 0 aliphatic heterocycles. The third-order valence-electron chi connectivity index (χ3n) is 3.56. The van der Waals surface area contributed by atoms with Crippen molar-refractivity contribution in [2.24, 2.45) is 0 Å². The Labute approximate surface area is 146 Å². The number of aromatic nitrogens is 3. The Morgan fingerprint density at radius 3 is 2.50 bits per heavy atom. The van der Waals surface area contributed by atoms with Crippen LogP contribution in [0.4, 0.5) is 17.5 Å². The normalized spacial score (nSPS) is 10.4. The van der Waals surface area contributed by atoms with Crippen LogP contribution in [0.1, 0.15) is 12.5 Å². The summed E-state index contributed by atoms with van der Waals surface area (Å²) in [6.45, 7) is 3.46. The van der Waals surface area contributed by atoms with Gasteiger partial charge in [-0.25, -0.2) is 0 Å². The van der Waals surface area contributed by atoms with Gasteiger partial charge in [-0.15, -0.1) is 5.10 Å². The monoisotopic (exact) mass is 339 g/mol. The molecule has 0 unspecified atom stereocenters. The SMILES string of the molecule is CCN(c1ccccc1)c1nncc(NCc2ccc(Cl)cc2)n1. The van der Waals surface area contributed by atoms with Crippen LogP contribution >= 0.6 is 11.6 Å². The van der Waals surface area contributed by atoms with Crippen LogP contribution in [0, 0.1) is 0 Å². The second kappa shape index (κ2) is 7.75. The van der Waals surface area contributed by atoms with E-state index in [2.05, 4.69) is 27.4 Å². The third-order valence-corrected chi connectivity index (χ3v) is 3.81. The van der Waals surface area contributed by atoms with E-state index < -0.39 is 0 Å². The molecule has 1 N–H and O–H groups in total. The first-order valence-electron chi connectivity index (χ1n) is 7.77. The van der Waals surface area contributed by atoms with Gasteiger partial charge in [0.15, 0.2) is 5.82 Å². The minimum absolute atomic E-state index is 0.574. The summed E-state index contributed by atoms with van der Waals surface area (Å²) >= 11 is 5.90. The van der Waals surface area contributed by atoms with Crippen molar-refractivity contribution in [3.63, 3.8) is 0 Å². The molecule has 122 valence electrons. The zero-order valence-corrected chi connectivity index (χ0v) is 14.1. The Bertz CT molecular complexity index is 777. The van der Waals surface area contributed by atoms with Gasteiger partial charge < -0.3 is 10.2 Å². The molecule has 0 saturated carbocycles. The van der Waals surface area contributed by atoms with E-state index in [4.69, 9.17) is 11.6 Å². The lowest BCUT2D eigenvalue weighted by atomic mass is 10.2. The van der Waals surface area contributed by atoms with Gasteiger partial charge in [0.1, 0.15) is 0 Å². The zero-order chi connectivity index (χ0) is 16.8. The fourth-order valence-electron chi connectivity index (χ4n) is 2.34. The molecule has 3 aromatic rings. The predicted octanol–water partition coefficient (Wildman–Crippen LogP) is 4.30. The number of hydrogen-bond acceptors (Lipinski definition) is 5. The topological polar surface area (TPSA) is 53.9 Å². The second-order valence-electron chi connectivity index (χ2n) is 5.20. The summed E-state index contributed by atoms with van der Waals surface area (Å²) < 4.78 is 0. The first kappa shape index (κ1) is 16.2. The fourth-order valence-corrected chi connectivity index (χ4v) is 2.46. The number of rotatable bonds is 6. The van der Waals surface area contributed by atoms with Crippen molar-refractivity contribution in [2.45, 2.75) is 13.5 Å². The number of para-hydroxylation sites is 1. The number of nitrogens with one attached hydrogen (secondary N) is 1. The largest absolute Gasteiger partial charge is 0.365 e. The number of benzene rings is 2. The van der Waals surface area contributed by atoms with Crippen LogP contribution in [0.15, 0.2) is 60.8 Å². The van der Waals surface area contributed by atoms with Crippen LogP contribution in [0.5, 0.6) is 0 Å². The number of hydrogen-bond donors (Lipinski definition) is 1. The van der Waals surface area contributed by atoms with E-state index in [0.717, 1.165) is 22.8 Å². The lowest BCUT2D eigenvalue weighted by Crippen LogP contribution is -2.19. The Kier molecular flexibility index (Phi) is 5.23. The number of halogens is 1. The first-order chi connectivity index (χ1) is 11.8. The van der Waals surface area contributed by atoms with Crippen molar-refractivity contribution < 1.29 is 0 Å². The highest BCUT2D eigenvalue weighted by Gasteiger charge is 2.11. The van der Waals surface area contributed by atoms with Gasteiger partial charge >= 0.3 is 0 Å². The molecule has 1 heterocycles. The van der Waals surface area contributed by atoms with Gasteiger partial charge in [-0.1, -0.05) is 41.9 Å². The molecule has 0 fully saturated rings. The summed E-state index contributed by atoms with van der Waals surface area (Å²) in [5.41, 5.74) is 2.16. The van der Waals surface area contributed by atoms with Crippen LogP contribution in [-0.2, 0) is 6.54 Å². The molecule has 0 aliphatic carbocycles. The Morgan fingerprint density at radius 2 is 1.79 bits per heavy atom. The van der Waals surface area contributed by atoms with Crippen molar-refractivity contribution in [3.05, 3.63) is 71.4 Å². The molecule has 0 radical (unpaired) electrons. The van der Waals surface area contributed by atoms with Crippen LogP contribution < -0.4 is 10.2 Å². The van der Waals surface area contributed by atoms with E-state index in [0.29, 0.717) is 18.3 Å². The Morgan fingerprint density at radius 1 is 1.04 bits per heavy atom. The van der Waals surface area contributed by atoms with E-state index in [9.17, 15) is 0 Å². The van der Waals surface area contributed by atoms with Crippen molar-refractivity contribution in [3.8, 4) is 0 Å². The minimum Gasteiger partial charge on any atom is -0.365 e. The first-order valence-corrected chi connectivity index (χ1v) is 8.14. The average molecular weight is 340 g/mol. The van der Waals surface area contributed by atoms with Gasteiger partial charge in [0.2, 0.25) is 0 Å². The van der Waals surface area contributed by atoms with Crippen molar-refractivity contribution in [2.75, 3.05) is 16.8 Å². The van der Waals surface area contributed by atoms with Crippen molar-refractivity contribution in [1.29, 1.82) is 0 Å². The maximum Gasteiger partial charge on any atom is 0.251 e. The zero-order valence-electron chi connectivity index (χ0n) is 13.4. The Balaban J connectivity index is 1.74. The molecule has 24 heavy (non-hydrogen) atoms. The molecule has 5 nitrogen and oxygen atoms in total. The predicted molar refractivity (Wildman–Crippen MR) is 97.7 cm³/mol. The molecule has 3 rings (SSSR count). The average Bonchev–Trinajstić information content (AvgIpc) is 2.63. The molecule has 0 saturated heterocycles. The number of anilines is 3. The molecule has 0 bridgehead atoms. The molecule has 6 heteroatoms. The summed E-state index contributed by atoms with van der Waals surface area (Å²) in [4.78, 5) is 6.58. The van der Waals surface area contributed by atoms with E-state index in [1.807, 2.05) is 59.5 Å². The van der Waals surface area contributed by atoms with Crippen molar-refractivity contribution in [1.82, 2.24) is 15.2 Å². The van der Waals surface area contributed by atoms with Crippen LogP contribution in [0.3, 0.4) is 0 Å². The highest BCUT2D eigenvalue weighted by molar-refractivity contribution is 6.30. The highest BCUT2D eigenvalue weighted by Crippen LogP contribution is 2.21. The van der Waals surface area contributed by atoms with Crippen LogP contribution in [0.25, 0.3) is 0 Å². The Hall–Kier alpha value is -2.66. The summed E-state index contributed by atoms with van der Waals surface area (Å²) in [6, 6.07) is 17.7. The minimum atomic E-state index is 0.574. The third kappa shape index (κ3) is 4.00. The quantitative estimate of drug-likeness (QED) is 0.725. The number of nitrogens with zero attached hydrogens (tertiary/aromatic N) is 4. The summed E-state index contributed by atoms with van der Waals surface area (Å²) in [5, 5.41) is 12.2. The maximum absolute atomic E-state index is 5.90. The molecular weight excluding hydrogens is 322 g/mol. The van der Waals surface area contributed by atoms with E-state index in [1.165, 1.54) is 0 Å². The molecule has 2 aromatic carbocycles. The van der Waals surface area contributed by atoms with Crippen LogP contribution in [-0.4, -0.2) is 21.7 Å². The fraction of sp³-hybridized carbons (Fsp3) is 0.167. The maximum atomic E-state index is 5.90. The standard InChI is InChI=1S/C18H18ClN5/c1-2-24(16-6-4-3-5-7-16)18-22-17(13-21-23-18)20-12-14-8-10-15(19)11-9-14/h3-11,13H,2,12H2,1H3,(H,20,22,23). The van der Waals surface area contributed by atoms with Gasteiger partial charge in [-0.3, -0.25) is 0 Å². The van der Waals surface area contributed by atoms with Crippen LogP contribution in [0.2, 0.25) is 5.02 Å². The van der Waals surface area contributed by atoms with Crippen molar-refractivity contribution >= 4 is 29.1 Å². The van der Waals surface area contributed by atoms with Gasteiger partial charge in [0.05, 0.1) is 6.20 Å².